The molecule has 0 unspecified atom stereocenters. The number of hydrogen-bond acceptors (Lipinski definition) is 3. The summed E-state index contributed by atoms with van der Waals surface area (Å²) in [4.78, 5) is 1.02. The Balaban J connectivity index is 2.39. The molecule has 0 saturated carbocycles. The van der Waals surface area contributed by atoms with Gasteiger partial charge in [0.05, 0.1) is 18.2 Å². The van der Waals surface area contributed by atoms with Gasteiger partial charge in [0.15, 0.2) is 6.29 Å². The summed E-state index contributed by atoms with van der Waals surface area (Å²) in [6.07, 6.45) is 1.73. The lowest BCUT2D eigenvalue weighted by molar-refractivity contribution is -0.0448. The molecule has 82 valence electrons. The molecule has 1 fully saturated rings. The average Bonchev–Trinajstić information content (AvgIpc) is 2.71. The van der Waals surface area contributed by atoms with Gasteiger partial charge in [-0.05, 0) is 28.3 Å². The van der Waals surface area contributed by atoms with Gasteiger partial charge in [-0.2, -0.15) is 0 Å². The molecule has 1 aromatic carbocycles. The highest BCUT2D eigenvalue weighted by Crippen LogP contribution is 2.39. The fourth-order valence-corrected chi connectivity index (χ4v) is 3.54. The highest BCUT2D eigenvalue weighted by Gasteiger charge is 2.22. The van der Waals surface area contributed by atoms with Crippen LogP contribution in [0, 0.1) is 0 Å². The first-order valence-electron chi connectivity index (χ1n) is 4.49. The van der Waals surface area contributed by atoms with Gasteiger partial charge in [-0.15, -0.1) is 11.8 Å². The van der Waals surface area contributed by atoms with Crippen molar-refractivity contribution >= 4 is 39.3 Å². The molecule has 2 rings (SSSR count). The van der Waals surface area contributed by atoms with Crippen LogP contribution in [0.4, 0.5) is 0 Å². The van der Waals surface area contributed by atoms with Crippen LogP contribution in [0.3, 0.4) is 0 Å². The molecule has 0 bridgehead atoms. The van der Waals surface area contributed by atoms with E-state index in [0.717, 1.165) is 20.0 Å². The third-order valence-corrected chi connectivity index (χ3v) is 4.53. The Labute approximate surface area is 106 Å². The van der Waals surface area contributed by atoms with Crippen LogP contribution in [-0.4, -0.2) is 19.5 Å². The second-order valence-electron chi connectivity index (χ2n) is 3.06. The minimum Gasteiger partial charge on any atom is -0.346 e. The average molecular weight is 310 g/mol. The molecular weight excluding hydrogens is 300 g/mol. The number of thioether (sulfide) groups is 1. The molecular formula is C10H10BrClO2S. The Morgan fingerprint density at radius 3 is 2.67 bits per heavy atom. The Morgan fingerprint density at radius 1 is 1.40 bits per heavy atom. The quantitative estimate of drug-likeness (QED) is 0.773. The maximum Gasteiger partial charge on any atom is 0.185 e. The first-order chi connectivity index (χ1) is 7.24. The van der Waals surface area contributed by atoms with Gasteiger partial charge >= 0.3 is 0 Å². The Kier molecular flexibility index (Phi) is 3.96. The van der Waals surface area contributed by atoms with E-state index < -0.39 is 0 Å². The minimum atomic E-state index is -0.262. The molecule has 0 radical (unpaired) electrons. The molecule has 0 N–H and O–H groups in total. The SMILES string of the molecule is CSc1c(Cl)ccc(C2OCCO2)c1Br. The van der Waals surface area contributed by atoms with Crippen molar-refractivity contribution in [3.8, 4) is 0 Å². The molecule has 15 heavy (non-hydrogen) atoms. The van der Waals surface area contributed by atoms with Gasteiger partial charge in [0, 0.05) is 14.9 Å². The summed E-state index contributed by atoms with van der Waals surface area (Å²) in [5, 5.41) is 0.746. The highest BCUT2D eigenvalue weighted by atomic mass is 79.9. The lowest BCUT2D eigenvalue weighted by Crippen LogP contribution is -2.00. The van der Waals surface area contributed by atoms with Crippen molar-refractivity contribution in [2.24, 2.45) is 0 Å². The summed E-state index contributed by atoms with van der Waals surface area (Å²) >= 11 is 11.2. The highest BCUT2D eigenvalue weighted by molar-refractivity contribution is 9.10. The monoisotopic (exact) mass is 308 g/mol. The van der Waals surface area contributed by atoms with Crippen LogP contribution in [0.25, 0.3) is 0 Å². The van der Waals surface area contributed by atoms with Crippen molar-refractivity contribution in [2.75, 3.05) is 19.5 Å². The van der Waals surface area contributed by atoms with E-state index in [-0.39, 0.29) is 6.29 Å². The van der Waals surface area contributed by atoms with Gasteiger partial charge in [-0.25, -0.2) is 0 Å². The van der Waals surface area contributed by atoms with E-state index in [1.54, 1.807) is 11.8 Å². The van der Waals surface area contributed by atoms with Crippen LogP contribution in [0.1, 0.15) is 11.9 Å². The smallest absolute Gasteiger partial charge is 0.185 e. The standard InChI is InChI=1S/C10H10BrClO2S/c1-15-9-7(12)3-2-6(8(9)11)10-13-4-5-14-10/h2-3,10H,4-5H2,1H3. The lowest BCUT2D eigenvalue weighted by Gasteiger charge is -2.14. The van der Waals surface area contributed by atoms with Gasteiger partial charge in [0.25, 0.3) is 0 Å². The normalized spacial score (nSPS) is 17.3. The van der Waals surface area contributed by atoms with E-state index in [4.69, 9.17) is 21.1 Å². The maximum absolute atomic E-state index is 6.08. The van der Waals surface area contributed by atoms with E-state index in [0.29, 0.717) is 13.2 Å². The fraction of sp³-hybridized carbons (Fsp3) is 0.400. The van der Waals surface area contributed by atoms with Crippen LogP contribution in [0.2, 0.25) is 5.02 Å². The summed E-state index contributed by atoms with van der Waals surface area (Å²) < 4.78 is 11.9. The number of benzene rings is 1. The van der Waals surface area contributed by atoms with Crippen LogP contribution in [0.5, 0.6) is 0 Å². The summed E-state index contributed by atoms with van der Waals surface area (Å²) in [7, 11) is 0. The second kappa shape index (κ2) is 5.06. The molecule has 1 aliphatic rings. The van der Waals surface area contributed by atoms with E-state index in [1.807, 2.05) is 18.4 Å². The number of rotatable bonds is 2. The predicted octanol–water partition coefficient (Wildman–Crippen LogP) is 3.87. The van der Waals surface area contributed by atoms with Crippen molar-refractivity contribution in [3.63, 3.8) is 0 Å². The molecule has 1 aliphatic heterocycles. The molecule has 5 heteroatoms. The van der Waals surface area contributed by atoms with Gasteiger partial charge in [0.1, 0.15) is 0 Å². The van der Waals surface area contributed by atoms with Crippen molar-refractivity contribution in [1.29, 1.82) is 0 Å². The summed E-state index contributed by atoms with van der Waals surface area (Å²) in [6, 6.07) is 3.81. The Morgan fingerprint density at radius 2 is 2.07 bits per heavy atom. The molecule has 1 aromatic rings. The fourth-order valence-electron chi connectivity index (χ4n) is 1.45. The van der Waals surface area contributed by atoms with Crippen LogP contribution >= 0.6 is 39.3 Å². The summed E-state index contributed by atoms with van der Waals surface area (Å²) in [5.41, 5.74) is 1.00. The van der Waals surface area contributed by atoms with Crippen LogP contribution in [-0.2, 0) is 9.47 Å². The predicted molar refractivity (Wildman–Crippen MR) is 65.6 cm³/mol. The van der Waals surface area contributed by atoms with Gasteiger partial charge in [-0.3, -0.25) is 0 Å². The van der Waals surface area contributed by atoms with E-state index >= 15 is 0 Å². The molecule has 2 nitrogen and oxygen atoms in total. The number of hydrogen-bond donors (Lipinski definition) is 0. The maximum atomic E-state index is 6.08. The summed E-state index contributed by atoms with van der Waals surface area (Å²) in [6.45, 7) is 1.29. The zero-order valence-corrected chi connectivity index (χ0v) is 11.3. The van der Waals surface area contributed by atoms with E-state index in [2.05, 4.69) is 15.9 Å². The molecule has 0 aromatic heterocycles. The topological polar surface area (TPSA) is 18.5 Å². The number of ether oxygens (including phenoxy) is 2. The van der Waals surface area contributed by atoms with Crippen molar-refractivity contribution in [2.45, 2.75) is 11.2 Å². The first-order valence-corrected chi connectivity index (χ1v) is 6.88. The lowest BCUT2D eigenvalue weighted by atomic mass is 10.2. The molecule has 1 saturated heterocycles. The van der Waals surface area contributed by atoms with Crippen LogP contribution in [0.15, 0.2) is 21.5 Å². The first kappa shape index (κ1) is 11.7. The third-order valence-electron chi connectivity index (χ3n) is 2.16. The third kappa shape index (κ3) is 2.34. The molecule has 0 amide bonds. The Hall–Kier alpha value is 0.260. The molecule has 0 spiro atoms. The van der Waals surface area contributed by atoms with E-state index in [9.17, 15) is 0 Å². The van der Waals surface area contributed by atoms with Crippen molar-refractivity contribution in [1.82, 2.24) is 0 Å². The van der Waals surface area contributed by atoms with E-state index in [1.165, 1.54) is 0 Å². The summed E-state index contributed by atoms with van der Waals surface area (Å²) in [5.74, 6) is 0. The van der Waals surface area contributed by atoms with Crippen LogP contribution < -0.4 is 0 Å². The second-order valence-corrected chi connectivity index (χ2v) is 5.07. The van der Waals surface area contributed by atoms with Crippen molar-refractivity contribution < 1.29 is 9.47 Å². The number of halogens is 2. The van der Waals surface area contributed by atoms with Crippen molar-refractivity contribution in [3.05, 3.63) is 27.2 Å². The zero-order valence-electron chi connectivity index (χ0n) is 8.13. The van der Waals surface area contributed by atoms with Gasteiger partial charge in [-0.1, -0.05) is 17.7 Å². The van der Waals surface area contributed by atoms with Gasteiger partial charge < -0.3 is 9.47 Å². The van der Waals surface area contributed by atoms with Gasteiger partial charge in [0.2, 0.25) is 0 Å². The molecule has 0 atom stereocenters. The largest absolute Gasteiger partial charge is 0.346 e. The zero-order chi connectivity index (χ0) is 10.8. The molecule has 0 aliphatic carbocycles. The Bertz CT molecular complexity index is 367. The molecule has 1 heterocycles. The minimum absolute atomic E-state index is 0.262.